The van der Waals surface area contributed by atoms with Crippen LogP contribution in [0.1, 0.15) is 11.1 Å². The number of benzene rings is 2. The second-order valence-corrected chi connectivity index (χ2v) is 6.45. The molecule has 2 aromatic rings. The largest absolute Gasteiger partial charge is 0.416 e. The second-order valence-electron chi connectivity index (χ2n) is 4.18. The van der Waals surface area contributed by atoms with Crippen molar-refractivity contribution < 1.29 is 13.2 Å². The summed E-state index contributed by atoms with van der Waals surface area (Å²) >= 11 is 5.76. The summed E-state index contributed by atoms with van der Waals surface area (Å²) in [4.78, 5) is 3.08. The molecule has 0 aliphatic carbocycles. The van der Waals surface area contributed by atoms with Crippen LogP contribution < -0.4 is 0 Å². The molecular formula is C14H11ClN2O2S. The molecule has 0 amide bonds. The highest BCUT2D eigenvalue weighted by atomic mass is 35.5. The van der Waals surface area contributed by atoms with Gasteiger partial charge in [0.1, 0.15) is 0 Å². The van der Waals surface area contributed by atoms with E-state index in [9.17, 15) is 8.42 Å². The van der Waals surface area contributed by atoms with Crippen LogP contribution in [0.2, 0.25) is 5.02 Å². The van der Waals surface area contributed by atoms with Gasteiger partial charge in [-0.15, -0.1) is 0 Å². The Morgan fingerprint density at radius 1 is 1.10 bits per heavy atom. The molecule has 0 bridgehead atoms. The van der Waals surface area contributed by atoms with Gasteiger partial charge in [-0.25, -0.2) is 8.42 Å². The van der Waals surface area contributed by atoms with Crippen LogP contribution in [0, 0.1) is 6.92 Å². The van der Waals surface area contributed by atoms with Crippen LogP contribution in [-0.2, 0) is 9.84 Å². The Kier molecular flexibility index (Phi) is 4.04. The van der Waals surface area contributed by atoms with Gasteiger partial charge in [-0.05, 0) is 42.8 Å². The zero-order valence-corrected chi connectivity index (χ0v) is 12.2. The highest BCUT2D eigenvalue weighted by molar-refractivity contribution is 8.06. The number of halogens is 1. The van der Waals surface area contributed by atoms with E-state index < -0.39 is 14.9 Å². The van der Waals surface area contributed by atoms with Gasteiger partial charge < -0.3 is 5.53 Å². The summed E-state index contributed by atoms with van der Waals surface area (Å²) in [6.07, 6.45) is 0. The summed E-state index contributed by atoms with van der Waals surface area (Å²) in [5.74, 6) is 0. The molecule has 0 spiro atoms. The molecule has 0 aliphatic rings. The highest BCUT2D eigenvalue weighted by Gasteiger charge is 2.33. The lowest BCUT2D eigenvalue weighted by atomic mass is 10.2. The van der Waals surface area contributed by atoms with Gasteiger partial charge in [-0.1, -0.05) is 29.8 Å². The topological polar surface area (TPSA) is 70.5 Å². The number of nitrogens with zero attached hydrogens (tertiary/aromatic N) is 2. The lowest BCUT2D eigenvalue weighted by Gasteiger charge is -2.04. The molecule has 0 atom stereocenters. The molecule has 0 heterocycles. The molecule has 4 nitrogen and oxygen atoms in total. The average molecular weight is 307 g/mol. The maximum atomic E-state index is 12.5. The molecule has 0 N–H and O–H groups in total. The van der Waals surface area contributed by atoms with E-state index in [2.05, 4.69) is 4.79 Å². The molecule has 6 heteroatoms. The number of aryl methyl sites for hydroxylation is 1. The zero-order valence-electron chi connectivity index (χ0n) is 10.6. The van der Waals surface area contributed by atoms with E-state index >= 15 is 0 Å². The van der Waals surface area contributed by atoms with Crippen LogP contribution in [0.5, 0.6) is 0 Å². The standard InChI is InChI=1S/C14H11ClN2O2S/c1-10-4-2-3-5-13(10)20(18,19)14(17-16)11-6-8-12(15)9-7-11/h2-9H,1H3. The van der Waals surface area contributed by atoms with Crippen LogP contribution in [0.15, 0.2) is 53.4 Å². The van der Waals surface area contributed by atoms with E-state index in [1.807, 2.05) is 0 Å². The normalized spacial score (nSPS) is 10.9. The second kappa shape index (κ2) is 5.59. The summed E-state index contributed by atoms with van der Waals surface area (Å²) in [6.45, 7) is 1.68. The van der Waals surface area contributed by atoms with E-state index in [1.165, 1.54) is 30.3 Å². The van der Waals surface area contributed by atoms with Crippen LogP contribution >= 0.6 is 11.6 Å². The number of hydrogen-bond donors (Lipinski definition) is 0. The van der Waals surface area contributed by atoms with Crippen molar-refractivity contribution in [1.82, 2.24) is 0 Å². The summed E-state index contributed by atoms with van der Waals surface area (Å²) in [5.41, 5.74) is 9.98. The van der Waals surface area contributed by atoms with E-state index in [-0.39, 0.29) is 10.5 Å². The zero-order chi connectivity index (χ0) is 14.8. The summed E-state index contributed by atoms with van der Waals surface area (Å²) in [6, 6.07) is 12.6. The van der Waals surface area contributed by atoms with Crippen molar-refractivity contribution in [3.8, 4) is 0 Å². The SMILES string of the molecule is Cc1ccccc1S(=O)(=O)C(=[N+]=[N-])c1ccc(Cl)cc1. The Balaban J connectivity index is 2.61. The number of sulfone groups is 1. The summed E-state index contributed by atoms with van der Waals surface area (Å²) < 4.78 is 25.1. The predicted molar refractivity (Wildman–Crippen MR) is 77.5 cm³/mol. The average Bonchev–Trinajstić information content (AvgIpc) is 2.42. The van der Waals surface area contributed by atoms with Crippen LogP contribution in [0.3, 0.4) is 0 Å². The molecule has 0 saturated carbocycles. The molecule has 2 rings (SSSR count). The van der Waals surface area contributed by atoms with E-state index in [0.29, 0.717) is 10.6 Å². The van der Waals surface area contributed by atoms with Gasteiger partial charge in [0.05, 0.1) is 10.5 Å². The van der Waals surface area contributed by atoms with Crippen molar-refractivity contribution in [1.29, 1.82) is 0 Å². The maximum Gasteiger partial charge on any atom is 0.416 e. The van der Waals surface area contributed by atoms with Crippen molar-refractivity contribution in [2.45, 2.75) is 11.8 Å². The van der Waals surface area contributed by atoms with Crippen molar-refractivity contribution in [2.24, 2.45) is 0 Å². The molecule has 0 fully saturated rings. The Bertz CT molecular complexity index is 792. The summed E-state index contributed by atoms with van der Waals surface area (Å²) in [5, 5.41) is 0.0720. The van der Waals surface area contributed by atoms with Gasteiger partial charge in [-0.3, -0.25) is 0 Å². The quantitative estimate of drug-likeness (QED) is 0.370. The Labute approximate surface area is 122 Å². The fraction of sp³-hybridized carbons (Fsp3) is 0.0714. The molecule has 20 heavy (non-hydrogen) atoms. The lowest BCUT2D eigenvalue weighted by molar-refractivity contribution is 0.000601. The highest BCUT2D eigenvalue weighted by Crippen LogP contribution is 2.20. The Morgan fingerprint density at radius 3 is 2.25 bits per heavy atom. The van der Waals surface area contributed by atoms with Crippen molar-refractivity contribution in [3.63, 3.8) is 0 Å². The first-order valence-electron chi connectivity index (χ1n) is 5.75. The van der Waals surface area contributed by atoms with Crippen molar-refractivity contribution in [3.05, 3.63) is 70.2 Å². The van der Waals surface area contributed by atoms with Gasteiger partial charge >= 0.3 is 5.04 Å². The lowest BCUT2D eigenvalue weighted by Crippen LogP contribution is -2.18. The van der Waals surface area contributed by atoms with Gasteiger partial charge in [0.2, 0.25) is 0 Å². The summed E-state index contributed by atoms with van der Waals surface area (Å²) in [7, 11) is -3.89. The first-order chi connectivity index (χ1) is 9.46. The van der Waals surface area contributed by atoms with Crippen molar-refractivity contribution in [2.75, 3.05) is 0 Å². The Hall–Kier alpha value is -1.94. The maximum absolute atomic E-state index is 12.5. The fourth-order valence-electron chi connectivity index (χ4n) is 1.82. The molecule has 0 aliphatic heterocycles. The third kappa shape index (κ3) is 2.65. The first-order valence-corrected chi connectivity index (χ1v) is 7.61. The molecule has 102 valence electrons. The molecule has 0 unspecified atom stereocenters. The first kappa shape index (κ1) is 14.5. The molecule has 0 saturated heterocycles. The monoisotopic (exact) mass is 306 g/mol. The van der Waals surface area contributed by atoms with Gasteiger partial charge in [0.25, 0.3) is 9.84 Å². The minimum absolute atomic E-state index is 0.114. The predicted octanol–water partition coefficient (Wildman–Crippen LogP) is 3.10. The third-order valence-corrected chi connectivity index (χ3v) is 4.94. The van der Waals surface area contributed by atoms with E-state index in [1.54, 1.807) is 25.1 Å². The Morgan fingerprint density at radius 2 is 1.70 bits per heavy atom. The van der Waals surface area contributed by atoms with Crippen LogP contribution in [0.25, 0.3) is 5.53 Å². The third-order valence-electron chi connectivity index (χ3n) is 2.82. The van der Waals surface area contributed by atoms with Gasteiger partial charge in [0, 0.05) is 5.02 Å². The minimum Gasteiger partial charge on any atom is -0.360 e. The van der Waals surface area contributed by atoms with Crippen molar-refractivity contribution >= 4 is 26.5 Å². The van der Waals surface area contributed by atoms with Gasteiger partial charge in [-0.2, -0.15) is 4.79 Å². The molecular weight excluding hydrogens is 296 g/mol. The number of rotatable bonds is 2. The molecule has 0 aromatic heterocycles. The van der Waals surface area contributed by atoms with E-state index in [0.717, 1.165) is 0 Å². The number of hydrogen-bond acceptors (Lipinski definition) is 2. The van der Waals surface area contributed by atoms with Crippen LogP contribution in [0.4, 0.5) is 0 Å². The molecule has 2 aromatic carbocycles. The fourth-order valence-corrected chi connectivity index (χ4v) is 3.46. The molecule has 0 radical (unpaired) electrons. The van der Waals surface area contributed by atoms with E-state index in [4.69, 9.17) is 17.1 Å². The minimum atomic E-state index is -3.89. The van der Waals surface area contributed by atoms with Crippen LogP contribution in [-0.4, -0.2) is 18.3 Å². The van der Waals surface area contributed by atoms with Gasteiger partial charge in [0.15, 0.2) is 0 Å². The smallest absolute Gasteiger partial charge is 0.360 e.